The van der Waals surface area contributed by atoms with Crippen LogP contribution >= 0.6 is 0 Å². The van der Waals surface area contributed by atoms with Gasteiger partial charge in [-0.15, -0.1) is 0 Å². The summed E-state index contributed by atoms with van der Waals surface area (Å²) in [5, 5.41) is 8.21. The van der Waals surface area contributed by atoms with Crippen LogP contribution in [0.25, 0.3) is 0 Å². The summed E-state index contributed by atoms with van der Waals surface area (Å²) < 4.78 is 18.6. The van der Waals surface area contributed by atoms with E-state index in [1.807, 2.05) is 0 Å². The Morgan fingerprint density at radius 2 is 2.10 bits per heavy atom. The maximum Gasteiger partial charge on any atom is 2.00 e. The summed E-state index contributed by atoms with van der Waals surface area (Å²) in [7, 11) is 0. The molecule has 0 aromatic carbocycles. The summed E-state index contributed by atoms with van der Waals surface area (Å²) in [4.78, 5) is 9.01. The van der Waals surface area contributed by atoms with Gasteiger partial charge in [0, 0.05) is 0 Å². The summed E-state index contributed by atoms with van der Waals surface area (Å²) in [6, 6.07) is 0. The molecule has 0 aromatic heterocycles. The number of hydrogen-bond donors (Lipinski definition) is 2. The molecule has 2 atom stereocenters. The first-order chi connectivity index (χ1) is 4.09. The van der Waals surface area contributed by atoms with E-state index >= 15 is 0 Å². The van der Waals surface area contributed by atoms with Gasteiger partial charge in [0.1, 0.15) is 0 Å². The molecule has 0 aliphatic heterocycles. The molecule has 0 fully saturated rings. The summed E-state index contributed by atoms with van der Waals surface area (Å²) >= 11 is -3.07. The molecule has 0 aliphatic carbocycles. The van der Waals surface area contributed by atoms with E-state index in [2.05, 4.69) is 0 Å². The fourth-order valence-electron chi connectivity index (χ4n) is 0.403. The minimum Gasteiger partial charge on any atom is 2.00 e. The largest absolute Gasteiger partial charge is 2.00 e. The van der Waals surface area contributed by atoms with Crippen LogP contribution in [0, 0.1) is 0 Å². The Labute approximate surface area is 103 Å². The first kappa shape index (κ1) is 13.9. The quantitative estimate of drug-likeness (QED) is 0.674. The number of carbonyl (C=O) groups is 1. The Morgan fingerprint density at radius 3 is 2.10 bits per heavy atom. The first-order valence-corrected chi connectivity index (χ1v) is 4.87. The normalized spacial score (nSPS) is 15.0. The van der Waals surface area contributed by atoms with Crippen LogP contribution in [0.2, 0.25) is 4.82 Å². The second kappa shape index (κ2) is 7.00. The molecule has 54 valence electrons. The van der Waals surface area contributed by atoms with Gasteiger partial charge >= 0.3 is 105 Å². The van der Waals surface area contributed by atoms with Crippen LogP contribution in [-0.2, 0) is 8.63 Å². The molecule has 0 rings (SSSR count). The zero-order chi connectivity index (χ0) is 7.44. The molecule has 4 nitrogen and oxygen atoms in total. The van der Waals surface area contributed by atoms with Crippen molar-refractivity contribution in [3.05, 3.63) is 0 Å². The third kappa shape index (κ3) is 5.04. The molecule has 0 saturated heterocycles. The Morgan fingerprint density at radius 1 is 1.70 bits per heavy atom. The van der Waals surface area contributed by atoms with Crippen LogP contribution in [0.4, 0.5) is 0 Å². The Kier molecular flexibility index (Phi) is 9.71. The van der Waals surface area contributed by atoms with Crippen molar-refractivity contribution in [2.75, 3.05) is 0 Å². The fourth-order valence-corrected chi connectivity index (χ4v) is 1.36. The van der Waals surface area contributed by atoms with Gasteiger partial charge in [0.2, 0.25) is 0 Å². The van der Waals surface area contributed by atoms with Crippen LogP contribution in [0.1, 0.15) is 13.3 Å². The predicted octanol–water partition coefficient (Wildman–Crippen LogP) is -0.619. The molecule has 2 N–H and O–H groups in total. The third-order valence-corrected chi connectivity index (χ3v) is 3.03. The molecule has 2 unspecified atom stereocenters. The number of carboxylic acids is 1. The molecule has 0 aromatic rings. The molecule has 0 bridgehead atoms. The fraction of sp³-hybridized carbons (Fsp3) is 0.750. The molecule has 0 saturated carbocycles. The van der Waals surface area contributed by atoms with Gasteiger partial charge < -0.3 is 0 Å². The summed E-state index contributed by atoms with van der Waals surface area (Å²) in [5.74, 6) is -1.18. The summed E-state index contributed by atoms with van der Waals surface area (Å²) in [6.07, 6.45) is 0.222. The standard InChI is InChI=1S/C4H8O4Se.Ba/c1-2-3(4(5)6)9(7)8;/h3H,2H2,1H3,(H,5,6)(H,7,8);/q;+2. The Bertz CT molecular complexity index is 123. The second-order valence-electron chi connectivity index (χ2n) is 1.51. The van der Waals surface area contributed by atoms with Gasteiger partial charge in [0.25, 0.3) is 0 Å². The zero-order valence-corrected chi connectivity index (χ0v) is 11.8. The molecular formula is C4H8BaO4Se+2. The van der Waals surface area contributed by atoms with E-state index in [1.54, 1.807) is 6.92 Å². The van der Waals surface area contributed by atoms with E-state index in [1.165, 1.54) is 0 Å². The number of rotatable bonds is 3. The van der Waals surface area contributed by atoms with E-state index in [9.17, 15) is 8.63 Å². The number of hydrogen-bond acceptors (Lipinski definition) is 2. The smallest absolute Gasteiger partial charge is 2.00 e. The maximum absolute atomic E-state index is 10.2. The van der Waals surface area contributed by atoms with Crippen molar-refractivity contribution in [2.24, 2.45) is 0 Å². The minimum absolute atomic E-state index is 0. The van der Waals surface area contributed by atoms with Gasteiger partial charge in [-0.1, -0.05) is 0 Å². The minimum atomic E-state index is -3.07. The zero-order valence-electron chi connectivity index (χ0n) is 5.61. The Hall–Kier alpha value is 1.32. The SMILES string of the molecule is CCC(C(=O)O)[Se](=O)O.[Ba+2]. The van der Waals surface area contributed by atoms with Gasteiger partial charge in [0.05, 0.1) is 0 Å². The van der Waals surface area contributed by atoms with E-state index in [0.717, 1.165) is 0 Å². The van der Waals surface area contributed by atoms with Crippen LogP contribution in [0.3, 0.4) is 0 Å². The van der Waals surface area contributed by atoms with Crippen molar-refractivity contribution in [1.29, 1.82) is 0 Å². The average Bonchev–Trinajstić information content (AvgIpc) is 1.64. The molecule has 0 spiro atoms. The summed E-state index contributed by atoms with van der Waals surface area (Å²) in [5.41, 5.74) is 0. The predicted molar refractivity (Wildman–Crippen MR) is 36.1 cm³/mol. The Balaban J connectivity index is 0. The molecule has 0 radical (unpaired) electrons. The van der Waals surface area contributed by atoms with E-state index in [0.29, 0.717) is 0 Å². The van der Waals surface area contributed by atoms with Crippen LogP contribution in [-0.4, -0.2) is 78.3 Å². The molecule has 6 heteroatoms. The van der Waals surface area contributed by atoms with Crippen LogP contribution in [0.15, 0.2) is 0 Å². The number of aliphatic carboxylic acids is 1. The number of carboxylic acid groups (broad SMARTS) is 1. The third-order valence-electron chi connectivity index (χ3n) is 0.890. The van der Waals surface area contributed by atoms with Crippen molar-refractivity contribution in [3.63, 3.8) is 0 Å². The molecule has 0 heterocycles. The van der Waals surface area contributed by atoms with Crippen molar-refractivity contribution in [3.8, 4) is 0 Å². The van der Waals surface area contributed by atoms with Gasteiger partial charge in [-0.05, 0) is 0 Å². The van der Waals surface area contributed by atoms with Gasteiger partial charge in [-0.2, -0.15) is 0 Å². The second-order valence-corrected chi connectivity index (χ2v) is 3.86. The van der Waals surface area contributed by atoms with Crippen LogP contribution < -0.4 is 0 Å². The maximum atomic E-state index is 10.2. The van der Waals surface area contributed by atoms with Gasteiger partial charge in [-0.25, -0.2) is 0 Å². The van der Waals surface area contributed by atoms with Crippen molar-refractivity contribution in [2.45, 2.75) is 18.2 Å². The molecule has 0 amide bonds. The summed E-state index contributed by atoms with van der Waals surface area (Å²) in [6.45, 7) is 1.57. The van der Waals surface area contributed by atoms with Crippen molar-refractivity contribution in [1.82, 2.24) is 0 Å². The molecule has 10 heavy (non-hydrogen) atoms. The van der Waals surface area contributed by atoms with E-state index in [-0.39, 0.29) is 55.3 Å². The molecular weight excluding hydrogens is 328 g/mol. The van der Waals surface area contributed by atoms with Gasteiger partial charge in [0.15, 0.2) is 0 Å². The van der Waals surface area contributed by atoms with E-state index in [4.69, 9.17) is 9.30 Å². The van der Waals surface area contributed by atoms with Gasteiger partial charge in [-0.3, -0.25) is 0 Å². The van der Waals surface area contributed by atoms with Crippen molar-refractivity contribution < 1.29 is 17.9 Å². The van der Waals surface area contributed by atoms with Crippen LogP contribution in [0.5, 0.6) is 0 Å². The topological polar surface area (TPSA) is 74.6 Å². The monoisotopic (exact) mass is 338 g/mol. The van der Waals surface area contributed by atoms with E-state index < -0.39 is 24.9 Å². The first-order valence-electron chi connectivity index (χ1n) is 2.42. The van der Waals surface area contributed by atoms with Crippen molar-refractivity contribution >= 4 is 69.0 Å². The molecule has 0 aliphatic rings. The average molecular weight is 336 g/mol.